The number of carbonyl (C=O) groups is 1. The van der Waals surface area contributed by atoms with Crippen molar-refractivity contribution in [1.29, 1.82) is 5.26 Å². The lowest BCUT2D eigenvalue weighted by molar-refractivity contribution is -0.136. The van der Waals surface area contributed by atoms with Gasteiger partial charge in [0.15, 0.2) is 23.4 Å². The van der Waals surface area contributed by atoms with Gasteiger partial charge in [-0.15, -0.1) is 0 Å². The highest BCUT2D eigenvalue weighted by Gasteiger charge is 2.23. The van der Waals surface area contributed by atoms with Gasteiger partial charge in [0.25, 0.3) is 0 Å². The summed E-state index contributed by atoms with van der Waals surface area (Å²) in [4.78, 5) is 20.5. The van der Waals surface area contributed by atoms with Crippen molar-refractivity contribution in [2.45, 2.75) is 44.0 Å². The zero-order valence-corrected chi connectivity index (χ0v) is 26.4. The van der Waals surface area contributed by atoms with Crippen LogP contribution >= 0.6 is 23.4 Å². The van der Waals surface area contributed by atoms with Crippen LogP contribution in [0.2, 0.25) is 30.7 Å². The van der Waals surface area contributed by atoms with Crippen molar-refractivity contribution in [2.24, 2.45) is 0 Å². The zero-order chi connectivity index (χ0) is 30.0. The van der Waals surface area contributed by atoms with Gasteiger partial charge in [-0.2, -0.15) is 5.26 Å². The molecule has 1 N–H and O–H groups in total. The molecule has 3 rings (SSSR count). The van der Waals surface area contributed by atoms with Gasteiger partial charge in [-0.3, -0.25) is 4.79 Å². The van der Waals surface area contributed by atoms with E-state index in [2.05, 4.69) is 30.7 Å². The van der Waals surface area contributed by atoms with Crippen LogP contribution in [0.4, 0.5) is 0 Å². The quantitative estimate of drug-likeness (QED) is 0.0670. The highest BCUT2D eigenvalue weighted by molar-refractivity contribution is 7.99. The maximum Gasteiger partial charge on any atom is 0.304 e. The average Bonchev–Trinajstić information content (AvgIpc) is 3.28. The zero-order valence-electron chi connectivity index (χ0n) is 23.9. The van der Waals surface area contributed by atoms with Gasteiger partial charge in [0.1, 0.15) is 18.4 Å². The number of rotatable bonds is 17. The summed E-state index contributed by atoms with van der Waals surface area (Å²) >= 11 is 7.93. The second kappa shape index (κ2) is 15.4. The van der Waals surface area contributed by atoms with Crippen molar-refractivity contribution < 1.29 is 33.6 Å². The van der Waals surface area contributed by atoms with Crippen molar-refractivity contribution in [2.75, 3.05) is 46.6 Å². The van der Waals surface area contributed by atoms with Gasteiger partial charge < -0.3 is 33.4 Å². The summed E-state index contributed by atoms with van der Waals surface area (Å²) in [6.45, 7) is 8.33. The molecule has 222 valence electrons. The number of ether oxygens (including phenoxy) is 5. The van der Waals surface area contributed by atoms with Gasteiger partial charge >= 0.3 is 5.97 Å². The Hall–Kier alpha value is -2.86. The fourth-order valence-electron chi connectivity index (χ4n) is 3.68. The summed E-state index contributed by atoms with van der Waals surface area (Å²) < 4.78 is 29.4. The number of benzene rings is 1. The van der Waals surface area contributed by atoms with E-state index in [1.54, 1.807) is 30.0 Å². The van der Waals surface area contributed by atoms with Crippen molar-refractivity contribution in [3.8, 4) is 28.8 Å². The highest BCUT2D eigenvalue weighted by atomic mass is 35.5. The van der Waals surface area contributed by atoms with E-state index in [-0.39, 0.29) is 25.7 Å². The molecule has 0 fully saturated rings. The molecule has 0 saturated carbocycles. The fourth-order valence-corrected chi connectivity index (χ4v) is 5.44. The topological polar surface area (TPSA) is 138 Å². The molecule has 0 unspecified atom stereocenters. The molecule has 0 bridgehead atoms. The van der Waals surface area contributed by atoms with E-state index in [0.717, 1.165) is 6.04 Å². The molecular formula is C27H35ClN4O7SSi. The summed E-state index contributed by atoms with van der Waals surface area (Å²) in [6, 6.07) is 6.52. The molecule has 0 amide bonds. The van der Waals surface area contributed by atoms with Crippen molar-refractivity contribution in [3.63, 3.8) is 0 Å². The van der Waals surface area contributed by atoms with Gasteiger partial charge in [-0.1, -0.05) is 43.0 Å². The minimum absolute atomic E-state index is 0.0507. The van der Waals surface area contributed by atoms with Gasteiger partial charge in [0.2, 0.25) is 0 Å². The molecule has 2 aromatic heterocycles. The average molecular weight is 623 g/mol. The number of aromatic nitrogens is 3. The first kappa shape index (κ1) is 32.6. The number of fused-ring (bicyclic) bond motifs is 1. The Morgan fingerprint density at radius 1 is 1.15 bits per heavy atom. The lowest BCUT2D eigenvalue weighted by atomic mass is 10.1. The van der Waals surface area contributed by atoms with E-state index in [1.807, 2.05) is 0 Å². The minimum atomic E-state index is -1.29. The Kier molecular flexibility index (Phi) is 12.3. The Bertz CT molecular complexity index is 1390. The lowest BCUT2D eigenvalue weighted by Gasteiger charge is -2.16. The number of nitriles is 1. The summed E-state index contributed by atoms with van der Waals surface area (Å²) in [5.74, 6) is 0.105. The monoisotopic (exact) mass is 622 g/mol. The maximum atomic E-state index is 11.1. The van der Waals surface area contributed by atoms with Crippen LogP contribution in [0.25, 0.3) is 22.3 Å². The highest BCUT2D eigenvalue weighted by Crippen LogP contribution is 2.41. The van der Waals surface area contributed by atoms with Gasteiger partial charge in [0.05, 0.1) is 48.4 Å². The van der Waals surface area contributed by atoms with E-state index in [0.29, 0.717) is 69.4 Å². The van der Waals surface area contributed by atoms with E-state index in [1.165, 1.54) is 18.9 Å². The number of carboxylic acids is 1. The summed E-state index contributed by atoms with van der Waals surface area (Å²) in [6.07, 6.45) is 1.62. The Balaban J connectivity index is 2.09. The Morgan fingerprint density at radius 3 is 2.59 bits per heavy atom. The summed E-state index contributed by atoms with van der Waals surface area (Å²) in [5.41, 5.74) is 1.72. The third-order valence-corrected chi connectivity index (χ3v) is 8.69. The number of hydrogen-bond acceptors (Lipinski definition) is 10. The number of nitrogens with zero attached hydrogens (tertiary/aromatic N) is 4. The van der Waals surface area contributed by atoms with Crippen LogP contribution in [0.15, 0.2) is 23.5 Å². The Labute approximate surface area is 249 Å². The van der Waals surface area contributed by atoms with Crippen LogP contribution < -0.4 is 9.47 Å². The predicted octanol–water partition coefficient (Wildman–Crippen LogP) is 5.51. The van der Waals surface area contributed by atoms with Crippen LogP contribution in [-0.4, -0.2) is 80.3 Å². The minimum Gasteiger partial charge on any atom is -0.493 e. The third-order valence-electron chi connectivity index (χ3n) is 5.83. The number of hydrogen-bond donors (Lipinski definition) is 1. The molecule has 1 aromatic carbocycles. The van der Waals surface area contributed by atoms with Gasteiger partial charge in [-0.05, 0) is 12.1 Å². The summed E-state index contributed by atoms with van der Waals surface area (Å²) in [7, 11) is 1.79. The SMILES string of the molecule is COCCOCOc1cc(-c2nc(SCCC(=O)O)nc3c2c(C#N)cn3COCC[Si](C)(C)C)c(Cl)cc1OC. The van der Waals surface area contributed by atoms with Crippen molar-refractivity contribution >= 4 is 48.4 Å². The normalized spacial score (nSPS) is 11.5. The smallest absolute Gasteiger partial charge is 0.304 e. The molecule has 0 aliphatic heterocycles. The third kappa shape index (κ3) is 9.32. The molecular weight excluding hydrogens is 588 g/mol. The fraction of sp³-hybridized carbons (Fsp3) is 0.481. The van der Waals surface area contributed by atoms with E-state index >= 15 is 0 Å². The van der Waals surface area contributed by atoms with Gasteiger partial charge in [-0.25, -0.2) is 9.97 Å². The first-order chi connectivity index (χ1) is 19.6. The lowest BCUT2D eigenvalue weighted by Crippen LogP contribution is -2.22. The summed E-state index contributed by atoms with van der Waals surface area (Å²) in [5, 5.41) is 20.3. The molecule has 0 atom stereocenters. The standard InChI is InChI=1S/C27H35ClN4O7SSi/c1-35-7-8-38-17-39-22-12-19(20(28)13-21(22)36-2)25-24-18(14-29)15-32(16-37-9-11-41(3,4)5)26(24)31-27(30-25)40-10-6-23(33)34/h12-13,15H,6-11,16-17H2,1-5H3,(H,33,34). The van der Waals surface area contributed by atoms with Crippen LogP contribution in [-0.2, 0) is 25.7 Å². The molecule has 0 aliphatic rings. The molecule has 2 heterocycles. The molecule has 0 radical (unpaired) electrons. The van der Waals surface area contributed by atoms with Crippen molar-refractivity contribution in [3.05, 3.63) is 28.9 Å². The Morgan fingerprint density at radius 2 is 1.93 bits per heavy atom. The van der Waals surface area contributed by atoms with Crippen LogP contribution in [0, 0.1) is 11.3 Å². The van der Waals surface area contributed by atoms with E-state index in [4.69, 9.17) is 45.4 Å². The first-order valence-corrected chi connectivity index (χ1v) is 18.0. The van der Waals surface area contributed by atoms with Crippen LogP contribution in [0.3, 0.4) is 0 Å². The second-order valence-electron chi connectivity index (χ2n) is 10.2. The molecule has 3 aromatic rings. The maximum absolute atomic E-state index is 11.1. The first-order valence-electron chi connectivity index (χ1n) is 12.9. The number of carboxylic acid groups (broad SMARTS) is 1. The van der Waals surface area contributed by atoms with E-state index < -0.39 is 14.0 Å². The molecule has 11 nitrogen and oxygen atoms in total. The molecule has 0 saturated heterocycles. The number of halogens is 1. The van der Waals surface area contributed by atoms with Crippen LogP contribution in [0.5, 0.6) is 11.5 Å². The number of thioether (sulfide) groups is 1. The van der Waals surface area contributed by atoms with Crippen molar-refractivity contribution in [1.82, 2.24) is 14.5 Å². The second-order valence-corrected chi connectivity index (χ2v) is 17.3. The number of aliphatic carboxylic acids is 1. The van der Waals surface area contributed by atoms with E-state index in [9.17, 15) is 10.1 Å². The van der Waals surface area contributed by atoms with Gasteiger partial charge in [0, 0.05) is 45.4 Å². The van der Waals surface area contributed by atoms with Crippen LogP contribution in [0.1, 0.15) is 12.0 Å². The molecule has 14 heteroatoms. The number of methoxy groups -OCH3 is 2. The molecule has 41 heavy (non-hydrogen) atoms. The molecule has 0 aliphatic carbocycles. The molecule has 0 spiro atoms. The predicted molar refractivity (Wildman–Crippen MR) is 160 cm³/mol. The largest absolute Gasteiger partial charge is 0.493 e.